The Hall–Kier alpha value is -1.96. The minimum Gasteiger partial charge on any atom is -0.303 e. The van der Waals surface area contributed by atoms with Gasteiger partial charge in [0.15, 0.2) is 0 Å². The van der Waals surface area contributed by atoms with Gasteiger partial charge in [-0.2, -0.15) is 0 Å². The SMILES string of the molecule is [2H]c1ccccc1C1=CC=CC(C=O)C1([2H])C=O. The van der Waals surface area contributed by atoms with Gasteiger partial charge in [-0.15, -0.1) is 0 Å². The number of hydrogen-bond acceptors (Lipinski definition) is 2. The van der Waals surface area contributed by atoms with Gasteiger partial charge in [-0.1, -0.05) is 48.5 Å². The van der Waals surface area contributed by atoms with E-state index < -0.39 is 11.8 Å². The molecule has 1 aromatic rings. The number of aldehydes is 2. The van der Waals surface area contributed by atoms with Gasteiger partial charge in [-0.25, -0.2) is 0 Å². The zero-order valence-corrected chi connectivity index (χ0v) is 8.59. The summed E-state index contributed by atoms with van der Waals surface area (Å²) < 4.78 is 16.0. The highest BCUT2D eigenvalue weighted by atomic mass is 16.1. The lowest BCUT2D eigenvalue weighted by molar-refractivity contribution is -0.116. The van der Waals surface area contributed by atoms with Crippen molar-refractivity contribution in [2.24, 2.45) is 11.8 Å². The molecule has 2 atom stereocenters. The Kier molecular flexibility index (Phi) is 2.42. The van der Waals surface area contributed by atoms with Crippen LogP contribution in [0.15, 0.2) is 48.5 Å². The molecule has 0 aromatic heterocycles. The molecule has 0 amide bonds. The normalized spacial score (nSPS) is 30.0. The third-order valence-corrected chi connectivity index (χ3v) is 2.52. The van der Waals surface area contributed by atoms with E-state index in [0.717, 1.165) is 0 Å². The number of benzene rings is 1. The van der Waals surface area contributed by atoms with Gasteiger partial charge in [0.1, 0.15) is 12.6 Å². The molecule has 2 rings (SSSR count). The first-order valence-electron chi connectivity index (χ1n) is 6.00. The molecule has 0 radical (unpaired) electrons. The summed E-state index contributed by atoms with van der Waals surface area (Å²) in [6, 6.07) is 6.97. The second-order valence-corrected chi connectivity index (χ2v) is 3.48. The lowest BCUT2D eigenvalue weighted by Crippen LogP contribution is -2.19. The number of rotatable bonds is 3. The van der Waals surface area contributed by atoms with Crippen molar-refractivity contribution in [1.29, 1.82) is 0 Å². The maximum Gasteiger partial charge on any atom is 0.128 e. The van der Waals surface area contributed by atoms with Crippen molar-refractivity contribution in [1.82, 2.24) is 0 Å². The highest BCUT2D eigenvalue weighted by Gasteiger charge is 2.25. The van der Waals surface area contributed by atoms with Crippen LogP contribution < -0.4 is 0 Å². The molecule has 16 heavy (non-hydrogen) atoms. The predicted octanol–water partition coefficient (Wildman–Crippen LogP) is 2.27. The van der Waals surface area contributed by atoms with Gasteiger partial charge in [0.2, 0.25) is 0 Å². The van der Waals surface area contributed by atoms with Gasteiger partial charge in [0.05, 0.1) is 7.26 Å². The molecular weight excluding hydrogens is 200 g/mol. The lowest BCUT2D eigenvalue weighted by Gasteiger charge is -2.21. The molecule has 0 spiro atoms. The van der Waals surface area contributed by atoms with E-state index >= 15 is 0 Å². The van der Waals surface area contributed by atoms with Gasteiger partial charge in [0, 0.05) is 7.29 Å². The predicted molar refractivity (Wildman–Crippen MR) is 62.7 cm³/mol. The van der Waals surface area contributed by atoms with E-state index in [1.54, 1.807) is 36.4 Å². The Morgan fingerprint density at radius 3 is 2.81 bits per heavy atom. The van der Waals surface area contributed by atoms with Crippen LogP contribution in [0.4, 0.5) is 0 Å². The molecule has 0 heterocycles. The van der Waals surface area contributed by atoms with E-state index in [1.807, 2.05) is 0 Å². The van der Waals surface area contributed by atoms with E-state index in [-0.39, 0.29) is 6.04 Å². The van der Waals surface area contributed by atoms with Crippen LogP contribution in [0.2, 0.25) is 0 Å². The van der Waals surface area contributed by atoms with Gasteiger partial charge in [0.25, 0.3) is 0 Å². The van der Waals surface area contributed by atoms with E-state index in [9.17, 15) is 9.59 Å². The molecule has 0 saturated heterocycles. The van der Waals surface area contributed by atoms with E-state index in [4.69, 9.17) is 2.74 Å². The Bertz CT molecular complexity index is 548. The molecule has 1 aromatic carbocycles. The van der Waals surface area contributed by atoms with Gasteiger partial charge >= 0.3 is 0 Å². The maximum atomic E-state index is 11.3. The van der Waals surface area contributed by atoms with Crippen LogP contribution in [0.5, 0.6) is 0 Å². The summed E-state index contributed by atoms with van der Waals surface area (Å²) >= 11 is 0. The summed E-state index contributed by atoms with van der Waals surface area (Å²) in [4.78, 5) is 22.3. The monoisotopic (exact) mass is 214 g/mol. The maximum absolute atomic E-state index is 11.3. The number of carbonyl (C=O) groups is 2. The van der Waals surface area contributed by atoms with Crippen LogP contribution in [0.3, 0.4) is 0 Å². The zero-order chi connectivity index (χ0) is 13.2. The number of allylic oxidation sites excluding steroid dienone is 4. The van der Waals surface area contributed by atoms with Crippen molar-refractivity contribution in [3.05, 3.63) is 54.1 Å². The molecule has 0 aliphatic heterocycles. The Morgan fingerprint density at radius 1 is 1.25 bits per heavy atom. The summed E-state index contributed by atoms with van der Waals surface area (Å²) in [6.45, 7) is 0. The van der Waals surface area contributed by atoms with Crippen molar-refractivity contribution in [3.63, 3.8) is 0 Å². The summed E-state index contributed by atoms with van der Waals surface area (Å²) in [5.74, 6) is -2.46. The molecule has 1 aliphatic rings. The van der Waals surface area contributed by atoms with E-state index in [2.05, 4.69) is 0 Å². The smallest absolute Gasteiger partial charge is 0.128 e. The average Bonchev–Trinajstić information content (AvgIpc) is 2.40. The minimum absolute atomic E-state index is 0.238. The number of carbonyl (C=O) groups excluding carboxylic acids is 2. The summed E-state index contributed by atoms with van der Waals surface area (Å²) in [6.07, 6.45) is 5.86. The topological polar surface area (TPSA) is 34.1 Å². The highest BCUT2D eigenvalue weighted by molar-refractivity contribution is 5.86. The van der Waals surface area contributed by atoms with Gasteiger partial charge in [-0.05, 0) is 11.1 Å². The molecule has 0 N–H and O–H groups in total. The fourth-order valence-corrected chi connectivity index (χ4v) is 1.72. The van der Waals surface area contributed by atoms with Gasteiger partial charge in [-0.3, -0.25) is 0 Å². The van der Waals surface area contributed by atoms with Crippen LogP contribution in [-0.4, -0.2) is 12.6 Å². The third kappa shape index (κ3) is 1.87. The second-order valence-electron chi connectivity index (χ2n) is 3.48. The molecular formula is C14H12O2. The second kappa shape index (κ2) is 4.71. The van der Waals surface area contributed by atoms with Crippen LogP contribution >= 0.6 is 0 Å². The molecule has 80 valence electrons. The molecule has 0 bridgehead atoms. The van der Waals surface area contributed by atoms with Crippen LogP contribution in [-0.2, 0) is 9.59 Å². The Morgan fingerprint density at radius 2 is 2.12 bits per heavy atom. The first kappa shape index (κ1) is 8.22. The van der Waals surface area contributed by atoms with Crippen molar-refractivity contribution >= 4 is 18.1 Å². The van der Waals surface area contributed by atoms with Crippen LogP contribution in [0.25, 0.3) is 5.57 Å². The molecule has 0 saturated carbocycles. The first-order chi connectivity index (χ1) is 8.63. The summed E-state index contributed by atoms with van der Waals surface area (Å²) in [7, 11) is 0. The van der Waals surface area contributed by atoms with E-state index in [1.165, 1.54) is 6.08 Å². The van der Waals surface area contributed by atoms with Crippen molar-refractivity contribution < 1.29 is 12.3 Å². The Labute approximate surface area is 97.1 Å². The highest BCUT2D eigenvalue weighted by Crippen LogP contribution is 2.30. The lowest BCUT2D eigenvalue weighted by atomic mass is 9.81. The summed E-state index contributed by atoms with van der Waals surface area (Å²) in [5, 5.41) is 0. The van der Waals surface area contributed by atoms with Crippen molar-refractivity contribution in [2.75, 3.05) is 0 Å². The number of hydrogen-bond donors (Lipinski definition) is 0. The third-order valence-electron chi connectivity index (χ3n) is 2.52. The fraction of sp³-hybridized carbons (Fsp3) is 0.143. The Balaban J connectivity index is 2.59. The van der Waals surface area contributed by atoms with Crippen molar-refractivity contribution in [2.45, 2.75) is 0 Å². The molecule has 0 fully saturated rings. The molecule has 2 unspecified atom stereocenters. The largest absolute Gasteiger partial charge is 0.303 e. The molecule has 2 nitrogen and oxygen atoms in total. The average molecular weight is 214 g/mol. The van der Waals surface area contributed by atoms with Crippen molar-refractivity contribution in [3.8, 4) is 0 Å². The van der Waals surface area contributed by atoms with Crippen LogP contribution in [0.1, 0.15) is 8.30 Å². The van der Waals surface area contributed by atoms with Gasteiger partial charge < -0.3 is 9.59 Å². The minimum atomic E-state index is -1.65. The zero-order valence-electron chi connectivity index (χ0n) is 10.6. The molecule has 1 aliphatic carbocycles. The first-order valence-corrected chi connectivity index (χ1v) is 5.00. The quantitative estimate of drug-likeness (QED) is 0.723. The standard InChI is InChI=1S/C14H12O2/c15-9-12-7-4-8-13(14(12)10-16)11-5-2-1-3-6-11/h1-10,12,14H/i5D,14D. The fourth-order valence-electron chi connectivity index (χ4n) is 1.72. The van der Waals surface area contributed by atoms with E-state index in [0.29, 0.717) is 23.7 Å². The molecule has 2 heteroatoms. The summed E-state index contributed by atoms with van der Waals surface area (Å²) in [5.41, 5.74) is 0.901. The van der Waals surface area contributed by atoms with Crippen LogP contribution in [0, 0.1) is 11.8 Å².